The van der Waals surface area contributed by atoms with E-state index in [4.69, 9.17) is 10.7 Å². The summed E-state index contributed by atoms with van der Waals surface area (Å²) in [5.74, 6) is 0.419. The lowest BCUT2D eigenvalue weighted by Crippen LogP contribution is -2.28. The van der Waals surface area contributed by atoms with Crippen molar-refractivity contribution in [1.29, 1.82) is 0 Å². The largest absolute Gasteiger partial charge is 0.345 e. The van der Waals surface area contributed by atoms with Crippen LogP contribution in [0.15, 0.2) is 108 Å². The van der Waals surface area contributed by atoms with Crippen LogP contribution in [-0.4, -0.2) is 16.6 Å². The summed E-state index contributed by atoms with van der Waals surface area (Å²) in [6.07, 6.45) is 1.79. The van der Waals surface area contributed by atoms with Crippen LogP contribution >= 0.6 is 0 Å². The van der Waals surface area contributed by atoms with Gasteiger partial charge < -0.3 is 10.6 Å². The van der Waals surface area contributed by atoms with E-state index < -0.39 is 0 Å². The van der Waals surface area contributed by atoms with Gasteiger partial charge in [0.05, 0.1) is 16.9 Å². The van der Waals surface area contributed by atoms with Crippen molar-refractivity contribution in [3.8, 4) is 0 Å². The van der Waals surface area contributed by atoms with Gasteiger partial charge in [0.15, 0.2) is 0 Å². The highest BCUT2D eigenvalue weighted by atomic mass is 19.1. The third-order valence-electron chi connectivity index (χ3n) is 7.21. The molecule has 0 spiro atoms. The summed E-state index contributed by atoms with van der Waals surface area (Å²) in [5, 5.41) is 0.571. The van der Waals surface area contributed by atoms with E-state index >= 15 is 0 Å². The van der Waals surface area contributed by atoms with Crippen molar-refractivity contribution in [3.05, 3.63) is 136 Å². The van der Waals surface area contributed by atoms with Gasteiger partial charge in [-0.1, -0.05) is 74.5 Å². The first-order valence-electron chi connectivity index (χ1n) is 13.7. The van der Waals surface area contributed by atoms with Crippen molar-refractivity contribution in [2.45, 2.75) is 45.7 Å². The zero-order valence-corrected chi connectivity index (χ0v) is 23.6. The summed E-state index contributed by atoms with van der Waals surface area (Å²) in [4.78, 5) is 20.2. The number of rotatable bonds is 7. The monoisotopic (exact) mass is 536 g/mol. The summed E-state index contributed by atoms with van der Waals surface area (Å²) in [6.45, 7) is 6.05. The minimum Gasteiger partial charge on any atom is -0.345 e. The molecule has 0 saturated carbocycles. The van der Waals surface area contributed by atoms with Gasteiger partial charge in [-0.3, -0.25) is 9.36 Å². The van der Waals surface area contributed by atoms with Crippen molar-refractivity contribution >= 4 is 22.3 Å². The number of hydrogen-bond acceptors (Lipinski definition) is 4. The fourth-order valence-electron chi connectivity index (χ4n) is 4.87. The van der Waals surface area contributed by atoms with Crippen LogP contribution in [0.1, 0.15) is 55.7 Å². The molecule has 0 amide bonds. The van der Waals surface area contributed by atoms with E-state index in [1.165, 1.54) is 17.7 Å². The highest BCUT2D eigenvalue weighted by Crippen LogP contribution is 2.27. The van der Waals surface area contributed by atoms with Gasteiger partial charge in [0.25, 0.3) is 5.56 Å². The first-order chi connectivity index (χ1) is 19.3. The van der Waals surface area contributed by atoms with E-state index in [0.717, 1.165) is 29.8 Å². The Morgan fingerprint density at radius 2 is 1.40 bits per heavy atom. The molecule has 40 heavy (non-hydrogen) atoms. The summed E-state index contributed by atoms with van der Waals surface area (Å²) in [6, 6.07) is 32.3. The van der Waals surface area contributed by atoms with Gasteiger partial charge in [0.1, 0.15) is 11.6 Å². The molecular weight excluding hydrogens is 499 g/mol. The maximum absolute atomic E-state index is 13.5. The van der Waals surface area contributed by atoms with Crippen molar-refractivity contribution in [3.63, 3.8) is 0 Å². The number of aromatic nitrogens is 2. The molecule has 4 aromatic carbocycles. The molecular formula is C34H37FN4O. The van der Waals surface area contributed by atoms with E-state index in [9.17, 15) is 9.18 Å². The lowest BCUT2D eigenvalue weighted by molar-refractivity contribution is 0.529. The predicted octanol–water partition coefficient (Wildman–Crippen LogP) is 7.71. The molecule has 5 nitrogen and oxygen atoms in total. The van der Waals surface area contributed by atoms with Crippen LogP contribution in [0, 0.1) is 12.7 Å². The Bertz CT molecular complexity index is 1580. The minimum atomic E-state index is -0.278. The van der Waals surface area contributed by atoms with Gasteiger partial charge in [0, 0.05) is 24.5 Å². The molecule has 0 fully saturated rings. The summed E-state index contributed by atoms with van der Waals surface area (Å²) in [7, 11) is 1.90. The SMILES string of the molecule is CC[C@@H](c1ccccc1)n1c(C)nc2ccc(N(C)c3ccc(F)cc3)cc2c1=O.CC[C@H](N)c1ccccc1. The van der Waals surface area contributed by atoms with E-state index in [0.29, 0.717) is 16.7 Å². The Morgan fingerprint density at radius 1 is 0.825 bits per heavy atom. The molecule has 1 heterocycles. The molecule has 0 radical (unpaired) electrons. The number of nitrogens with zero attached hydrogens (tertiary/aromatic N) is 3. The normalized spacial score (nSPS) is 12.3. The molecule has 5 aromatic rings. The van der Waals surface area contributed by atoms with Gasteiger partial charge in [-0.2, -0.15) is 0 Å². The quantitative estimate of drug-likeness (QED) is 0.231. The molecule has 6 heteroatoms. The Kier molecular flexibility index (Phi) is 9.46. The highest BCUT2D eigenvalue weighted by Gasteiger charge is 2.18. The molecule has 206 valence electrons. The van der Waals surface area contributed by atoms with E-state index in [1.54, 1.807) is 16.7 Å². The third kappa shape index (κ3) is 6.46. The zero-order valence-electron chi connectivity index (χ0n) is 23.6. The lowest BCUT2D eigenvalue weighted by atomic mass is 10.0. The lowest BCUT2D eigenvalue weighted by Gasteiger charge is -2.23. The fourth-order valence-corrected chi connectivity index (χ4v) is 4.87. The van der Waals surface area contributed by atoms with Crippen LogP contribution < -0.4 is 16.2 Å². The first-order valence-corrected chi connectivity index (χ1v) is 13.7. The van der Waals surface area contributed by atoms with Gasteiger partial charge >= 0.3 is 0 Å². The number of halogens is 1. The summed E-state index contributed by atoms with van der Waals surface area (Å²) < 4.78 is 15.1. The number of aryl methyl sites for hydroxylation is 1. The average molecular weight is 537 g/mol. The van der Waals surface area contributed by atoms with Crippen LogP contribution in [0.4, 0.5) is 15.8 Å². The maximum Gasteiger partial charge on any atom is 0.262 e. The smallest absolute Gasteiger partial charge is 0.262 e. The Balaban J connectivity index is 0.000000312. The predicted molar refractivity (Wildman–Crippen MR) is 164 cm³/mol. The number of anilines is 2. The number of benzene rings is 4. The average Bonchev–Trinajstić information content (AvgIpc) is 3.00. The van der Waals surface area contributed by atoms with Crippen LogP contribution in [0.2, 0.25) is 0 Å². The van der Waals surface area contributed by atoms with Crippen LogP contribution in [-0.2, 0) is 0 Å². The van der Waals surface area contributed by atoms with Crippen molar-refractivity contribution in [2.75, 3.05) is 11.9 Å². The molecule has 2 N–H and O–H groups in total. The number of hydrogen-bond donors (Lipinski definition) is 1. The van der Waals surface area contributed by atoms with Crippen LogP contribution in [0.5, 0.6) is 0 Å². The highest BCUT2D eigenvalue weighted by molar-refractivity contribution is 5.83. The summed E-state index contributed by atoms with van der Waals surface area (Å²) in [5.41, 5.74) is 10.4. The minimum absolute atomic E-state index is 0.0532. The molecule has 5 rings (SSSR count). The standard InChI is InChI=1S/C25H24FN3O.C9H13N/c1-4-24(18-8-6-5-7-9-18)29-17(2)27-23-15-14-21(16-22(23)25(29)30)28(3)20-12-10-19(26)11-13-20;1-2-9(10)8-6-4-3-5-7-8/h5-16,24H,4H2,1-3H3;3-7,9H,2,10H2,1H3/t24-;9-/m00/s1. The maximum atomic E-state index is 13.5. The molecule has 2 atom stereocenters. The second-order valence-electron chi connectivity index (χ2n) is 9.83. The third-order valence-corrected chi connectivity index (χ3v) is 7.21. The molecule has 0 aliphatic rings. The van der Waals surface area contributed by atoms with E-state index in [1.807, 2.05) is 85.6 Å². The molecule has 0 unspecified atom stereocenters. The van der Waals surface area contributed by atoms with Crippen LogP contribution in [0.25, 0.3) is 10.9 Å². The van der Waals surface area contributed by atoms with Crippen molar-refractivity contribution in [2.24, 2.45) is 5.73 Å². The zero-order chi connectivity index (χ0) is 28.6. The van der Waals surface area contributed by atoms with Crippen molar-refractivity contribution < 1.29 is 4.39 Å². The Hall–Kier alpha value is -4.29. The van der Waals surface area contributed by atoms with E-state index in [2.05, 4.69) is 26.0 Å². The van der Waals surface area contributed by atoms with Gasteiger partial charge in [-0.15, -0.1) is 0 Å². The van der Waals surface area contributed by atoms with Gasteiger partial charge in [0.2, 0.25) is 0 Å². The van der Waals surface area contributed by atoms with Gasteiger partial charge in [-0.25, -0.2) is 9.37 Å². The van der Waals surface area contributed by atoms with Gasteiger partial charge in [-0.05, 0) is 73.4 Å². The fraction of sp³-hybridized carbons (Fsp3) is 0.235. The molecule has 1 aromatic heterocycles. The number of nitrogens with two attached hydrogens (primary N) is 1. The number of fused-ring (bicyclic) bond motifs is 1. The molecule has 0 aliphatic carbocycles. The molecule has 0 aliphatic heterocycles. The topological polar surface area (TPSA) is 64.2 Å². The Morgan fingerprint density at radius 3 is 1.98 bits per heavy atom. The second-order valence-corrected chi connectivity index (χ2v) is 9.83. The Labute approximate surface area is 235 Å². The van der Waals surface area contributed by atoms with E-state index in [-0.39, 0.29) is 23.5 Å². The second kappa shape index (κ2) is 13.2. The summed E-state index contributed by atoms with van der Waals surface area (Å²) >= 11 is 0. The van der Waals surface area contributed by atoms with Crippen LogP contribution in [0.3, 0.4) is 0 Å². The first kappa shape index (κ1) is 28.7. The van der Waals surface area contributed by atoms with Crippen molar-refractivity contribution in [1.82, 2.24) is 9.55 Å². The molecule has 0 bridgehead atoms. The molecule has 0 saturated heterocycles.